The molecule has 1 rings (SSSR count). The Labute approximate surface area is 74.9 Å². The van der Waals surface area contributed by atoms with E-state index < -0.39 is 0 Å². The van der Waals surface area contributed by atoms with E-state index in [0.717, 1.165) is 6.42 Å². The summed E-state index contributed by atoms with van der Waals surface area (Å²) in [6.07, 6.45) is 3.25. The summed E-state index contributed by atoms with van der Waals surface area (Å²) in [4.78, 5) is 0. The van der Waals surface area contributed by atoms with Gasteiger partial charge in [-0.3, -0.25) is 0 Å². The summed E-state index contributed by atoms with van der Waals surface area (Å²) < 4.78 is 0. The number of aryl methyl sites for hydroxylation is 1. The van der Waals surface area contributed by atoms with E-state index in [0.29, 0.717) is 0 Å². The average molecular weight is 160 g/mol. The van der Waals surface area contributed by atoms with Gasteiger partial charge in [-0.05, 0) is 32.8 Å². The third-order valence-corrected chi connectivity index (χ3v) is 2.10. The molecule has 0 saturated carbocycles. The lowest BCUT2D eigenvalue weighted by molar-refractivity contribution is 1.13. The molecule has 0 aromatic heterocycles. The minimum atomic E-state index is 1.08. The summed E-state index contributed by atoms with van der Waals surface area (Å²) in [5.41, 5.74) is 4.16. The molecule has 0 heterocycles. The zero-order valence-corrected chi connectivity index (χ0v) is 8.09. The van der Waals surface area contributed by atoms with E-state index in [1.807, 2.05) is 0 Å². The van der Waals surface area contributed by atoms with Crippen LogP contribution in [0.5, 0.6) is 0 Å². The molecule has 0 N–H and O–H groups in total. The Kier molecular flexibility index (Phi) is 3.09. The van der Waals surface area contributed by atoms with Crippen LogP contribution >= 0.6 is 0 Å². The lowest BCUT2D eigenvalue weighted by Crippen LogP contribution is -1.85. The monoisotopic (exact) mass is 160 g/mol. The van der Waals surface area contributed by atoms with Crippen molar-refractivity contribution < 1.29 is 0 Å². The number of hydrogen-bond acceptors (Lipinski definition) is 0. The van der Waals surface area contributed by atoms with Gasteiger partial charge in [0.15, 0.2) is 0 Å². The van der Waals surface area contributed by atoms with E-state index >= 15 is 0 Å². The van der Waals surface area contributed by atoms with Gasteiger partial charge < -0.3 is 0 Å². The molecule has 0 aliphatic carbocycles. The number of allylic oxidation sites excluding steroid dienone is 2. The van der Waals surface area contributed by atoms with E-state index in [1.54, 1.807) is 0 Å². The summed E-state index contributed by atoms with van der Waals surface area (Å²) >= 11 is 0. The first-order chi connectivity index (χ1) is 5.72. The molecule has 0 aliphatic heterocycles. The third kappa shape index (κ3) is 2.54. The van der Waals surface area contributed by atoms with E-state index in [-0.39, 0.29) is 0 Å². The predicted molar refractivity (Wildman–Crippen MR) is 54.3 cm³/mol. The maximum atomic E-state index is 2.20. The van der Waals surface area contributed by atoms with E-state index in [4.69, 9.17) is 0 Å². The van der Waals surface area contributed by atoms with Crippen molar-refractivity contribution in [2.75, 3.05) is 0 Å². The van der Waals surface area contributed by atoms with Crippen LogP contribution in [0.25, 0.3) is 0 Å². The van der Waals surface area contributed by atoms with Crippen LogP contribution in [0.2, 0.25) is 0 Å². The largest absolute Gasteiger partial charge is 0.0884 e. The fraction of sp³-hybridized carbons (Fsp3) is 0.333. The molecule has 0 unspecified atom stereocenters. The molecular formula is C12H16. The Balaban J connectivity index is 2.71. The van der Waals surface area contributed by atoms with Crippen molar-refractivity contribution >= 4 is 0 Å². The van der Waals surface area contributed by atoms with Gasteiger partial charge >= 0.3 is 0 Å². The molecule has 0 radical (unpaired) electrons. The van der Waals surface area contributed by atoms with E-state index in [9.17, 15) is 0 Å². The Morgan fingerprint density at radius 3 is 2.33 bits per heavy atom. The summed E-state index contributed by atoms with van der Waals surface area (Å²) in [5.74, 6) is 0. The lowest BCUT2D eigenvalue weighted by Gasteiger charge is -2.01. The number of rotatable bonds is 2. The van der Waals surface area contributed by atoms with Gasteiger partial charge in [0.05, 0.1) is 0 Å². The quantitative estimate of drug-likeness (QED) is 0.581. The average Bonchev–Trinajstić information content (AvgIpc) is 2.09. The first kappa shape index (κ1) is 9.05. The zero-order chi connectivity index (χ0) is 8.97. The molecule has 0 fully saturated rings. The predicted octanol–water partition coefficient (Wildman–Crippen LogP) is 3.50. The van der Waals surface area contributed by atoms with Gasteiger partial charge in [0.1, 0.15) is 0 Å². The normalized spacial score (nSPS) is 11.8. The molecule has 12 heavy (non-hydrogen) atoms. The molecule has 0 heteroatoms. The van der Waals surface area contributed by atoms with Crippen LogP contribution in [-0.4, -0.2) is 0 Å². The fourth-order valence-corrected chi connectivity index (χ4v) is 1.13. The van der Waals surface area contributed by atoms with Crippen molar-refractivity contribution in [3.63, 3.8) is 0 Å². The molecule has 0 bridgehead atoms. The molecular weight excluding hydrogens is 144 g/mol. The molecule has 0 spiro atoms. The second kappa shape index (κ2) is 4.10. The number of benzene rings is 1. The second-order valence-electron chi connectivity index (χ2n) is 3.30. The number of hydrogen-bond donors (Lipinski definition) is 0. The second-order valence-corrected chi connectivity index (χ2v) is 3.30. The van der Waals surface area contributed by atoms with Crippen LogP contribution in [0.1, 0.15) is 25.0 Å². The summed E-state index contributed by atoms with van der Waals surface area (Å²) in [6.45, 7) is 6.37. The van der Waals surface area contributed by atoms with Gasteiger partial charge in [-0.2, -0.15) is 0 Å². The highest BCUT2D eigenvalue weighted by atomic mass is 14.0. The highest BCUT2D eigenvalue weighted by Gasteiger charge is 1.92. The van der Waals surface area contributed by atoms with E-state index in [1.165, 1.54) is 16.7 Å². The van der Waals surface area contributed by atoms with Crippen molar-refractivity contribution in [1.82, 2.24) is 0 Å². The molecule has 0 saturated heterocycles. The Bertz CT molecular complexity index is 265. The topological polar surface area (TPSA) is 0 Å². The van der Waals surface area contributed by atoms with Gasteiger partial charge in [0.2, 0.25) is 0 Å². The molecule has 1 aromatic carbocycles. The molecule has 0 aliphatic rings. The van der Waals surface area contributed by atoms with Gasteiger partial charge in [-0.25, -0.2) is 0 Å². The van der Waals surface area contributed by atoms with Crippen LogP contribution in [0.3, 0.4) is 0 Å². The smallest absolute Gasteiger partial charge is 0.00700 e. The highest BCUT2D eigenvalue weighted by molar-refractivity contribution is 5.24. The van der Waals surface area contributed by atoms with Gasteiger partial charge in [-0.15, -0.1) is 0 Å². The van der Waals surface area contributed by atoms with Crippen molar-refractivity contribution in [1.29, 1.82) is 0 Å². The van der Waals surface area contributed by atoms with Crippen LogP contribution in [0, 0.1) is 6.92 Å². The zero-order valence-electron chi connectivity index (χ0n) is 8.09. The Hall–Kier alpha value is -1.04. The Morgan fingerprint density at radius 1 is 1.25 bits per heavy atom. The van der Waals surface area contributed by atoms with E-state index in [2.05, 4.69) is 51.1 Å². The van der Waals surface area contributed by atoms with Crippen LogP contribution in [0.4, 0.5) is 0 Å². The van der Waals surface area contributed by atoms with Crippen LogP contribution in [-0.2, 0) is 6.42 Å². The molecule has 64 valence electrons. The lowest BCUT2D eigenvalue weighted by atomic mass is 10.1. The van der Waals surface area contributed by atoms with Gasteiger partial charge in [0, 0.05) is 0 Å². The maximum absolute atomic E-state index is 2.20. The minimum absolute atomic E-state index is 1.08. The van der Waals surface area contributed by atoms with Gasteiger partial charge in [0.25, 0.3) is 0 Å². The van der Waals surface area contributed by atoms with Crippen molar-refractivity contribution in [2.45, 2.75) is 27.2 Å². The highest BCUT2D eigenvalue weighted by Crippen LogP contribution is 2.08. The standard InChI is InChI=1S/C12H16/c1-4-10(2)9-12-7-5-11(3)6-8-12/h4-8H,9H2,1-3H3/b10-4-. The summed E-state index contributed by atoms with van der Waals surface area (Å²) in [6, 6.07) is 8.72. The molecule has 0 atom stereocenters. The van der Waals surface area contributed by atoms with Crippen LogP contribution < -0.4 is 0 Å². The first-order valence-corrected chi connectivity index (χ1v) is 4.39. The fourth-order valence-electron chi connectivity index (χ4n) is 1.13. The molecule has 0 nitrogen and oxygen atoms in total. The van der Waals surface area contributed by atoms with Crippen molar-refractivity contribution in [3.05, 3.63) is 47.0 Å². The van der Waals surface area contributed by atoms with Crippen molar-refractivity contribution in [3.8, 4) is 0 Å². The van der Waals surface area contributed by atoms with Gasteiger partial charge in [-0.1, -0.05) is 41.5 Å². The maximum Gasteiger partial charge on any atom is -0.00700 e. The SMILES string of the molecule is C/C=C(/C)Cc1ccc(C)cc1. The first-order valence-electron chi connectivity index (χ1n) is 4.39. The molecule has 1 aromatic rings. The summed E-state index contributed by atoms with van der Waals surface area (Å²) in [5, 5.41) is 0. The van der Waals surface area contributed by atoms with Crippen LogP contribution in [0.15, 0.2) is 35.9 Å². The third-order valence-electron chi connectivity index (χ3n) is 2.10. The Morgan fingerprint density at radius 2 is 1.83 bits per heavy atom. The van der Waals surface area contributed by atoms with Crippen molar-refractivity contribution in [2.24, 2.45) is 0 Å². The molecule has 0 amide bonds. The summed E-state index contributed by atoms with van der Waals surface area (Å²) in [7, 11) is 0. The minimum Gasteiger partial charge on any atom is -0.0884 e.